The molecule has 1 aromatic carbocycles. The molecule has 2 saturated heterocycles. The van der Waals surface area contributed by atoms with Gasteiger partial charge in [-0.25, -0.2) is 8.42 Å². The standard InChI is InChI=1S/C19H26N2O5S/c1-20(16-8-10-27(24,25)13-16)19(23)15-11-18(22)21(12-15)9-7-14-3-5-17(26-2)6-4-14/h3-6,15-16H,7-13H2,1-2H3. The third-order valence-corrected chi connectivity index (χ3v) is 7.25. The Morgan fingerprint density at radius 1 is 1.30 bits per heavy atom. The van der Waals surface area contributed by atoms with Crippen molar-refractivity contribution in [3.63, 3.8) is 0 Å². The molecule has 2 unspecified atom stereocenters. The minimum atomic E-state index is -3.04. The lowest BCUT2D eigenvalue weighted by atomic mass is 10.1. The Labute approximate surface area is 160 Å². The van der Waals surface area contributed by atoms with E-state index in [0.29, 0.717) is 25.9 Å². The molecule has 7 nitrogen and oxygen atoms in total. The number of carbonyl (C=O) groups excluding carboxylic acids is 2. The van der Waals surface area contributed by atoms with Crippen molar-refractivity contribution in [1.82, 2.24) is 9.80 Å². The van der Waals surface area contributed by atoms with Crippen LogP contribution in [0.4, 0.5) is 0 Å². The first-order valence-corrected chi connectivity index (χ1v) is 11.0. The minimum Gasteiger partial charge on any atom is -0.497 e. The fourth-order valence-electron chi connectivity index (χ4n) is 3.76. The second kappa shape index (κ2) is 7.88. The van der Waals surface area contributed by atoms with Crippen molar-refractivity contribution in [2.24, 2.45) is 5.92 Å². The molecule has 0 saturated carbocycles. The predicted octanol–water partition coefficient (Wildman–Crippen LogP) is 0.732. The summed E-state index contributed by atoms with van der Waals surface area (Å²) in [5, 5.41) is 0. The maximum absolute atomic E-state index is 12.7. The van der Waals surface area contributed by atoms with Gasteiger partial charge >= 0.3 is 0 Å². The Morgan fingerprint density at radius 2 is 2.00 bits per heavy atom. The zero-order chi connectivity index (χ0) is 19.6. The molecular weight excluding hydrogens is 368 g/mol. The molecule has 0 bridgehead atoms. The quantitative estimate of drug-likeness (QED) is 0.710. The molecule has 2 heterocycles. The van der Waals surface area contributed by atoms with Crippen LogP contribution in [-0.4, -0.2) is 74.8 Å². The van der Waals surface area contributed by atoms with Gasteiger partial charge in [0.25, 0.3) is 0 Å². The third-order valence-electron chi connectivity index (χ3n) is 5.50. The van der Waals surface area contributed by atoms with Crippen LogP contribution in [0.25, 0.3) is 0 Å². The van der Waals surface area contributed by atoms with Gasteiger partial charge < -0.3 is 14.5 Å². The first kappa shape index (κ1) is 19.7. The van der Waals surface area contributed by atoms with E-state index in [1.54, 1.807) is 19.1 Å². The van der Waals surface area contributed by atoms with Gasteiger partial charge in [0.15, 0.2) is 9.84 Å². The van der Waals surface area contributed by atoms with E-state index >= 15 is 0 Å². The van der Waals surface area contributed by atoms with Crippen molar-refractivity contribution < 1.29 is 22.7 Å². The van der Waals surface area contributed by atoms with Crippen LogP contribution < -0.4 is 4.74 Å². The summed E-state index contributed by atoms with van der Waals surface area (Å²) in [5.41, 5.74) is 1.10. The molecule has 0 spiro atoms. The summed E-state index contributed by atoms with van der Waals surface area (Å²) in [6.45, 7) is 0.966. The van der Waals surface area contributed by atoms with E-state index < -0.39 is 9.84 Å². The van der Waals surface area contributed by atoms with Gasteiger partial charge in [0.1, 0.15) is 5.75 Å². The highest BCUT2D eigenvalue weighted by atomic mass is 32.2. The Balaban J connectivity index is 1.54. The van der Waals surface area contributed by atoms with Crippen molar-refractivity contribution in [1.29, 1.82) is 0 Å². The van der Waals surface area contributed by atoms with Crippen LogP contribution in [-0.2, 0) is 25.8 Å². The Hall–Kier alpha value is -2.09. The maximum atomic E-state index is 12.7. The monoisotopic (exact) mass is 394 g/mol. The highest BCUT2D eigenvalue weighted by molar-refractivity contribution is 7.91. The normalized spacial score (nSPS) is 24.2. The molecule has 0 aromatic heterocycles. The molecule has 27 heavy (non-hydrogen) atoms. The van der Waals surface area contributed by atoms with E-state index in [1.807, 2.05) is 24.3 Å². The summed E-state index contributed by atoms with van der Waals surface area (Å²) in [6.07, 6.45) is 1.39. The predicted molar refractivity (Wildman–Crippen MR) is 101 cm³/mol. The van der Waals surface area contributed by atoms with Crippen molar-refractivity contribution in [2.45, 2.75) is 25.3 Å². The first-order valence-electron chi connectivity index (χ1n) is 9.17. The van der Waals surface area contributed by atoms with Gasteiger partial charge in [0.2, 0.25) is 11.8 Å². The van der Waals surface area contributed by atoms with Gasteiger partial charge in [0.05, 0.1) is 24.5 Å². The summed E-state index contributed by atoms with van der Waals surface area (Å²) >= 11 is 0. The molecule has 0 radical (unpaired) electrons. The maximum Gasteiger partial charge on any atom is 0.228 e. The summed E-state index contributed by atoms with van der Waals surface area (Å²) in [7, 11) is 0.226. The second-order valence-corrected chi connectivity index (χ2v) is 9.57. The van der Waals surface area contributed by atoms with Gasteiger partial charge in [-0.2, -0.15) is 0 Å². The Bertz CT molecular complexity index is 806. The largest absolute Gasteiger partial charge is 0.497 e. The number of hydrogen-bond donors (Lipinski definition) is 0. The van der Waals surface area contributed by atoms with Crippen molar-refractivity contribution in [3.05, 3.63) is 29.8 Å². The number of benzene rings is 1. The molecule has 1 aromatic rings. The molecule has 2 fully saturated rings. The molecule has 148 valence electrons. The number of amides is 2. The fraction of sp³-hybridized carbons (Fsp3) is 0.579. The van der Waals surface area contributed by atoms with Crippen LogP contribution in [0.15, 0.2) is 24.3 Å². The zero-order valence-electron chi connectivity index (χ0n) is 15.8. The van der Waals surface area contributed by atoms with E-state index in [4.69, 9.17) is 4.74 Å². The van der Waals surface area contributed by atoms with Gasteiger partial charge in [-0.15, -0.1) is 0 Å². The van der Waals surface area contributed by atoms with Crippen LogP contribution in [0.1, 0.15) is 18.4 Å². The molecule has 0 aliphatic carbocycles. The van der Waals surface area contributed by atoms with Crippen LogP contribution in [0.5, 0.6) is 5.75 Å². The summed E-state index contributed by atoms with van der Waals surface area (Å²) in [5.74, 6) is 0.413. The lowest BCUT2D eigenvalue weighted by Gasteiger charge is -2.26. The van der Waals surface area contributed by atoms with E-state index in [2.05, 4.69) is 0 Å². The average molecular weight is 394 g/mol. The minimum absolute atomic E-state index is 0.0192. The van der Waals surface area contributed by atoms with E-state index in [1.165, 1.54) is 4.90 Å². The van der Waals surface area contributed by atoms with Crippen LogP contribution in [0, 0.1) is 5.92 Å². The highest BCUT2D eigenvalue weighted by Crippen LogP contribution is 2.24. The number of likely N-dealkylation sites (tertiary alicyclic amines) is 1. The molecule has 0 N–H and O–H groups in total. The highest BCUT2D eigenvalue weighted by Gasteiger charge is 2.39. The summed E-state index contributed by atoms with van der Waals surface area (Å²) in [4.78, 5) is 28.3. The number of ether oxygens (including phenoxy) is 1. The summed E-state index contributed by atoms with van der Waals surface area (Å²) < 4.78 is 28.4. The smallest absolute Gasteiger partial charge is 0.228 e. The molecular formula is C19H26N2O5S. The number of nitrogens with zero attached hydrogens (tertiary/aromatic N) is 2. The first-order chi connectivity index (χ1) is 12.8. The summed E-state index contributed by atoms with van der Waals surface area (Å²) in [6, 6.07) is 7.44. The topological polar surface area (TPSA) is 84.0 Å². The number of methoxy groups -OCH3 is 1. The third kappa shape index (κ3) is 4.61. The molecule has 2 atom stereocenters. The van der Waals surface area contributed by atoms with Gasteiger partial charge in [0, 0.05) is 32.6 Å². The van der Waals surface area contributed by atoms with Crippen molar-refractivity contribution in [2.75, 3.05) is 38.8 Å². The SMILES string of the molecule is COc1ccc(CCN2CC(C(=O)N(C)C3CCS(=O)(=O)C3)CC2=O)cc1. The molecule has 2 aliphatic heterocycles. The van der Waals surface area contributed by atoms with Gasteiger partial charge in [-0.1, -0.05) is 12.1 Å². The number of carbonyl (C=O) groups is 2. The molecule has 8 heteroatoms. The zero-order valence-corrected chi connectivity index (χ0v) is 16.6. The number of hydrogen-bond acceptors (Lipinski definition) is 5. The second-order valence-electron chi connectivity index (χ2n) is 7.34. The molecule has 3 rings (SSSR count). The fourth-order valence-corrected chi connectivity index (χ4v) is 5.53. The van der Waals surface area contributed by atoms with Crippen LogP contribution >= 0.6 is 0 Å². The van der Waals surface area contributed by atoms with Crippen molar-refractivity contribution >= 4 is 21.7 Å². The van der Waals surface area contributed by atoms with E-state index in [0.717, 1.165) is 11.3 Å². The lowest BCUT2D eigenvalue weighted by Crippen LogP contribution is -2.42. The molecule has 2 aliphatic rings. The van der Waals surface area contributed by atoms with E-state index in [9.17, 15) is 18.0 Å². The number of rotatable bonds is 6. The molecule has 2 amide bonds. The number of sulfone groups is 1. The lowest BCUT2D eigenvalue weighted by molar-refractivity contribution is -0.136. The van der Waals surface area contributed by atoms with Gasteiger partial charge in [-0.05, 0) is 30.5 Å². The Morgan fingerprint density at radius 3 is 2.59 bits per heavy atom. The van der Waals surface area contributed by atoms with Crippen LogP contribution in [0.2, 0.25) is 0 Å². The van der Waals surface area contributed by atoms with Crippen molar-refractivity contribution in [3.8, 4) is 5.75 Å². The Kier molecular flexibility index (Phi) is 5.74. The van der Waals surface area contributed by atoms with Gasteiger partial charge in [-0.3, -0.25) is 9.59 Å². The van der Waals surface area contributed by atoms with Crippen LogP contribution in [0.3, 0.4) is 0 Å². The average Bonchev–Trinajstić information content (AvgIpc) is 3.21. The van der Waals surface area contributed by atoms with E-state index in [-0.39, 0.29) is 41.7 Å².